The predicted molar refractivity (Wildman–Crippen MR) is 152 cm³/mol. The van der Waals surface area contributed by atoms with Gasteiger partial charge in [0.15, 0.2) is 0 Å². The molecular formula is C31H35ClN2O5S. The van der Waals surface area contributed by atoms with Crippen molar-refractivity contribution in [1.29, 1.82) is 0 Å². The van der Waals surface area contributed by atoms with Crippen LogP contribution in [0.2, 0.25) is 5.02 Å². The highest BCUT2D eigenvalue weighted by Crippen LogP contribution is 2.68. The van der Waals surface area contributed by atoms with Gasteiger partial charge >= 0.3 is 0 Å². The molecule has 2 N–H and O–H groups in total. The first-order valence-corrected chi connectivity index (χ1v) is 16.8. The summed E-state index contributed by atoms with van der Waals surface area (Å²) in [5.41, 5.74) is 3.46. The summed E-state index contributed by atoms with van der Waals surface area (Å²) < 4.78 is 34.8. The molecule has 2 aliphatic heterocycles. The van der Waals surface area contributed by atoms with E-state index in [4.69, 9.17) is 16.3 Å². The number of nitrogens with zero attached hydrogens (tertiary/aromatic N) is 1. The highest BCUT2D eigenvalue weighted by molar-refractivity contribution is 7.90. The lowest BCUT2D eigenvalue weighted by Gasteiger charge is -2.46. The van der Waals surface area contributed by atoms with Gasteiger partial charge in [0.25, 0.3) is 5.91 Å². The molecule has 3 fully saturated rings. The van der Waals surface area contributed by atoms with Crippen LogP contribution in [0, 0.1) is 35.5 Å². The SMILES string of the molecule is O=C1NS(=O)(=O)C[C@@H]2C[C@@H]3C2[C@@H]3[C@H](O)[C@@H]2CC[C@H]2CN2C[C@@]3(CCCc4cc(Cl)ccc43)COc3ccc1cc32. The minimum atomic E-state index is -3.78. The second kappa shape index (κ2) is 8.85. The standard InChI is InChI=1S/C31H35ClN2O5S/c32-21-5-7-24-17(10-21)2-1-9-31(24)15-34-13-19-3-6-22(19)29(35)28-23-11-20(27(23)28)14-40(37,38)33-30(36)18-4-8-26(39-16-31)25(34)12-18/h4-5,7-8,10,12,19-20,22-23,27-29,35H,1-3,6,9,11,13-16H2,(H,33,36)/t19-,20-,22+,23+,27?,28+,29+,31-/m0/s1. The summed E-state index contributed by atoms with van der Waals surface area (Å²) in [5.74, 6) is 1.54. The van der Waals surface area contributed by atoms with E-state index in [1.807, 2.05) is 12.1 Å². The molecule has 1 spiro atoms. The Morgan fingerprint density at radius 3 is 2.77 bits per heavy atom. The van der Waals surface area contributed by atoms with Gasteiger partial charge in [0.2, 0.25) is 10.0 Å². The number of nitrogens with one attached hydrogen (secondary N) is 1. The number of amides is 1. The number of ether oxygens (including phenoxy) is 1. The van der Waals surface area contributed by atoms with Gasteiger partial charge < -0.3 is 14.7 Å². The van der Waals surface area contributed by atoms with Crippen LogP contribution in [-0.4, -0.2) is 51.0 Å². The molecule has 6 aliphatic rings. The van der Waals surface area contributed by atoms with Gasteiger partial charge in [0, 0.05) is 29.1 Å². The maximum Gasteiger partial charge on any atom is 0.264 e. The van der Waals surface area contributed by atoms with Crippen molar-refractivity contribution in [2.75, 3.05) is 30.3 Å². The average molecular weight is 583 g/mol. The van der Waals surface area contributed by atoms with Crippen molar-refractivity contribution in [3.8, 4) is 5.75 Å². The molecule has 1 unspecified atom stereocenters. The smallest absolute Gasteiger partial charge is 0.264 e. The van der Waals surface area contributed by atoms with Crippen molar-refractivity contribution >= 4 is 33.2 Å². The molecule has 40 heavy (non-hydrogen) atoms. The molecule has 2 bridgehead atoms. The highest BCUT2D eigenvalue weighted by atomic mass is 35.5. The molecule has 0 saturated heterocycles. The lowest BCUT2D eigenvalue weighted by atomic mass is 9.68. The van der Waals surface area contributed by atoms with Gasteiger partial charge in [-0.1, -0.05) is 17.7 Å². The quantitative estimate of drug-likeness (QED) is 0.484. The zero-order valence-electron chi connectivity index (χ0n) is 22.4. The third-order valence-electron chi connectivity index (χ3n) is 11.2. The maximum atomic E-state index is 13.2. The molecular weight excluding hydrogens is 548 g/mol. The van der Waals surface area contributed by atoms with Gasteiger partial charge in [-0.05, 0) is 115 Å². The Bertz CT molecular complexity index is 1510. The fourth-order valence-electron chi connectivity index (χ4n) is 9.00. The second-order valence-electron chi connectivity index (χ2n) is 13.3. The minimum Gasteiger partial charge on any atom is -0.490 e. The number of sulfonamides is 1. The van der Waals surface area contributed by atoms with Crippen LogP contribution in [-0.2, 0) is 21.9 Å². The minimum absolute atomic E-state index is 0.0202. The van der Waals surface area contributed by atoms with Crippen LogP contribution in [0.4, 0.5) is 5.69 Å². The first-order chi connectivity index (χ1) is 19.2. The zero-order chi connectivity index (χ0) is 27.4. The lowest BCUT2D eigenvalue weighted by Crippen LogP contribution is -2.50. The summed E-state index contributed by atoms with van der Waals surface area (Å²) in [5, 5.41) is 12.2. The Balaban J connectivity index is 1.20. The topological polar surface area (TPSA) is 95.9 Å². The first kappa shape index (κ1) is 25.4. The summed E-state index contributed by atoms with van der Waals surface area (Å²) in [6, 6.07) is 11.5. The second-order valence-corrected chi connectivity index (χ2v) is 15.5. The number of carbonyl (C=O) groups excluding carboxylic acids is 1. The summed E-state index contributed by atoms with van der Waals surface area (Å²) in [7, 11) is -3.78. The normalized spacial score (nSPS) is 38.9. The number of aryl methyl sites for hydroxylation is 1. The number of aliphatic hydroxyl groups excluding tert-OH is 1. The van der Waals surface area contributed by atoms with E-state index < -0.39 is 15.9 Å². The van der Waals surface area contributed by atoms with Crippen LogP contribution >= 0.6 is 11.6 Å². The van der Waals surface area contributed by atoms with Crippen molar-refractivity contribution in [3.63, 3.8) is 0 Å². The predicted octanol–water partition coefficient (Wildman–Crippen LogP) is 4.16. The Labute approximate surface area is 240 Å². The summed E-state index contributed by atoms with van der Waals surface area (Å²) in [6.07, 6.45) is 5.53. The fourth-order valence-corrected chi connectivity index (χ4v) is 10.6. The van der Waals surface area contributed by atoms with Crippen LogP contribution in [0.25, 0.3) is 0 Å². The van der Waals surface area contributed by atoms with Crippen molar-refractivity contribution in [1.82, 2.24) is 4.72 Å². The van der Waals surface area contributed by atoms with Gasteiger partial charge in [0.1, 0.15) is 5.75 Å². The van der Waals surface area contributed by atoms with Gasteiger partial charge in [-0.25, -0.2) is 13.1 Å². The monoisotopic (exact) mass is 582 g/mol. The number of hydrogen-bond acceptors (Lipinski definition) is 6. The van der Waals surface area contributed by atoms with E-state index in [0.717, 1.165) is 62.3 Å². The molecule has 0 aromatic heterocycles. The molecule has 7 nitrogen and oxygen atoms in total. The van der Waals surface area contributed by atoms with E-state index in [1.54, 1.807) is 12.1 Å². The molecule has 4 aliphatic carbocycles. The number of halogens is 1. The molecule has 2 heterocycles. The fraction of sp³-hybridized carbons (Fsp3) is 0.581. The van der Waals surface area contributed by atoms with Crippen LogP contribution in [0.1, 0.15) is 53.6 Å². The van der Waals surface area contributed by atoms with Crippen LogP contribution in [0.5, 0.6) is 5.75 Å². The van der Waals surface area contributed by atoms with E-state index in [2.05, 4.69) is 21.8 Å². The Morgan fingerprint density at radius 1 is 1.07 bits per heavy atom. The summed E-state index contributed by atoms with van der Waals surface area (Å²) in [6.45, 7) is 2.03. The van der Waals surface area contributed by atoms with Gasteiger partial charge in [0.05, 0.1) is 24.2 Å². The van der Waals surface area contributed by atoms with Crippen LogP contribution < -0.4 is 14.4 Å². The average Bonchev–Trinajstić information content (AvgIpc) is 3.55. The number of aliphatic hydroxyl groups is 1. The molecule has 8 rings (SSSR count). The summed E-state index contributed by atoms with van der Waals surface area (Å²) >= 11 is 6.38. The van der Waals surface area contributed by atoms with Crippen molar-refractivity contribution < 1.29 is 23.1 Å². The van der Waals surface area contributed by atoms with E-state index in [-0.39, 0.29) is 40.9 Å². The zero-order valence-corrected chi connectivity index (χ0v) is 24.0. The molecule has 212 valence electrons. The summed E-state index contributed by atoms with van der Waals surface area (Å²) in [4.78, 5) is 15.6. The van der Waals surface area contributed by atoms with Gasteiger partial charge in [-0.2, -0.15) is 0 Å². The van der Waals surface area contributed by atoms with Gasteiger partial charge in [-0.15, -0.1) is 0 Å². The Morgan fingerprint density at radius 2 is 1.95 bits per heavy atom. The number of hydrogen-bond donors (Lipinski definition) is 2. The molecule has 2 aromatic carbocycles. The first-order valence-electron chi connectivity index (χ1n) is 14.7. The Kier molecular flexibility index (Phi) is 5.63. The molecule has 0 radical (unpaired) electrons. The number of rotatable bonds is 0. The number of anilines is 1. The largest absolute Gasteiger partial charge is 0.490 e. The van der Waals surface area contributed by atoms with E-state index in [1.165, 1.54) is 11.1 Å². The van der Waals surface area contributed by atoms with E-state index in [9.17, 15) is 18.3 Å². The molecule has 9 heteroatoms. The van der Waals surface area contributed by atoms with E-state index in [0.29, 0.717) is 29.8 Å². The lowest BCUT2D eigenvalue weighted by molar-refractivity contribution is -0.00227. The van der Waals surface area contributed by atoms with Crippen molar-refractivity contribution in [3.05, 3.63) is 58.1 Å². The van der Waals surface area contributed by atoms with Crippen molar-refractivity contribution in [2.45, 2.75) is 50.0 Å². The number of fused-ring (bicyclic) bond motifs is 5. The van der Waals surface area contributed by atoms with Gasteiger partial charge in [-0.3, -0.25) is 4.79 Å². The Hall–Kier alpha value is -2.29. The van der Waals surface area contributed by atoms with E-state index >= 15 is 0 Å². The molecule has 2 aromatic rings. The molecule has 3 saturated carbocycles. The molecule has 1 amide bonds. The number of benzene rings is 2. The number of carbonyl (C=O) groups is 1. The maximum absolute atomic E-state index is 13.2. The van der Waals surface area contributed by atoms with Crippen molar-refractivity contribution in [2.24, 2.45) is 35.5 Å². The third-order valence-corrected chi connectivity index (χ3v) is 12.8. The molecule has 8 atom stereocenters. The van der Waals surface area contributed by atoms with Crippen LogP contribution in [0.15, 0.2) is 36.4 Å². The van der Waals surface area contributed by atoms with Crippen LogP contribution in [0.3, 0.4) is 0 Å². The highest BCUT2D eigenvalue weighted by Gasteiger charge is 2.67. The third kappa shape index (κ3) is 3.92.